The molecule has 5 nitrogen and oxygen atoms in total. The first-order valence-electron chi connectivity index (χ1n) is 9.21. The van der Waals surface area contributed by atoms with Crippen LogP contribution in [0.1, 0.15) is 65.7 Å². The Kier molecular flexibility index (Phi) is 6.13. The highest BCUT2D eigenvalue weighted by Crippen LogP contribution is 2.38. The molecule has 1 heterocycles. The monoisotopic (exact) mass is 352 g/mol. The highest BCUT2D eigenvalue weighted by atomic mass is 16.6. The van der Waals surface area contributed by atoms with E-state index in [0.29, 0.717) is 44.1 Å². The first kappa shape index (κ1) is 20.1. The van der Waals surface area contributed by atoms with Gasteiger partial charge in [-0.2, -0.15) is 0 Å². The molecule has 0 spiro atoms. The number of hydrogen-bond acceptors (Lipinski definition) is 5. The second kappa shape index (κ2) is 7.60. The Morgan fingerprint density at radius 1 is 1.20 bits per heavy atom. The van der Waals surface area contributed by atoms with E-state index in [1.54, 1.807) is 13.8 Å². The van der Waals surface area contributed by atoms with Crippen molar-refractivity contribution in [2.45, 2.75) is 89.1 Å². The molecule has 142 valence electrons. The molecule has 0 radical (unpaired) electrons. The van der Waals surface area contributed by atoms with E-state index in [-0.39, 0.29) is 12.3 Å². The summed E-state index contributed by atoms with van der Waals surface area (Å²) in [6.07, 6.45) is 4.00. The fourth-order valence-corrected chi connectivity index (χ4v) is 3.70. The third kappa shape index (κ3) is 4.72. The van der Waals surface area contributed by atoms with Crippen molar-refractivity contribution in [3.05, 3.63) is 23.8 Å². The van der Waals surface area contributed by atoms with Crippen LogP contribution < -0.4 is 0 Å². The Bertz CT molecular complexity index is 550. The number of rotatable bonds is 0. The molecule has 0 unspecified atom stereocenters. The lowest BCUT2D eigenvalue weighted by atomic mass is 9.80. The second-order valence-electron chi connectivity index (χ2n) is 8.22. The van der Waals surface area contributed by atoms with E-state index in [1.807, 2.05) is 13.0 Å². The van der Waals surface area contributed by atoms with E-state index in [0.717, 1.165) is 5.57 Å². The van der Waals surface area contributed by atoms with E-state index >= 15 is 0 Å². The molecular weight excluding hydrogens is 320 g/mol. The van der Waals surface area contributed by atoms with Gasteiger partial charge in [0.1, 0.15) is 5.60 Å². The van der Waals surface area contributed by atoms with Crippen LogP contribution in [0.2, 0.25) is 0 Å². The van der Waals surface area contributed by atoms with Crippen molar-refractivity contribution < 1.29 is 24.9 Å². The number of ether oxygens (including phenoxy) is 1. The summed E-state index contributed by atoms with van der Waals surface area (Å²) in [6, 6.07) is 0. The van der Waals surface area contributed by atoms with Crippen LogP contribution in [0.5, 0.6) is 0 Å². The lowest BCUT2D eigenvalue weighted by molar-refractivity contribution is -0.165. The van der Waals surface area contributed by atoms with Crippen molar-refractivity contribution >= 4 is 5.97 Å². The van der Waals surface area contributed by atoms with E-state index in [4.69, 9.17) is 4.74 Å². The molecule has 1 aliphatic heterocycles. The number of allylic oxidation sites excluding steroid dienone is 2. The Morgan fingerprint density at radius 2 is 1.88 bits per heavy atom. The largest absolute Gasteiger partial charge is 0.453 e. The first-order valence-corrected chi connectivity index (χ1v) is 9.21. The summed E-state index contributed by atoms with van der Waals surface area (Å²) < 4.78 is 5.60. The Balaban J connectivity index is 2.33. The van der Waals surface area contributed by atoms with Gasteiger partial charge in [-0.25, -0.2) is 4.79 Å². The molecule has 2 aliphatic rings. The van der Waals surface area contributed by atoms with Gasteiger partial charge in [-0.05, 0) is 71.6 Å². The molecule has 1 saturated heterocycles. The summed E-state index contributed by atoms with van der Waals surface area (Å²) >= 11 is 0. The molecule has 0 amide bonds. The van der Waals surface area contributed by atoms with Crippen LogP contribution in [0.3, 0.4) is 0 Å². The van der Waals surface area contributed by atoms with Crippen LogP contribution in [-0.2, 0) is 9.53 Å². The average molecular weight is 352 g/mol. The highest BCUT2D eigenvalue weighted by molar-refractivity contribution is 5.89. The smallest absolute Gasteiger partial charge is 0.334 e. The van der Waals surface area contributed by atoms with Crippen LogP contribution >= 0.6 is 0 Å². The molecule has 5 heteroatoms. The number of fused-ring (bicyclic) bond motifs is 3. The summed E-state index contributed by atoms with van der Waals surface area (Å²) in [6.45, 7) is 9.25. The first-order chi connectivity index (χ1) is 11.5. The maximum atomic E-state index is 12.4. The van der Waals surface area contributed by atoms with Gasteiger partial charge in [0.15, 0.2) is 0 Å². The zero-order valence-corrected chi connectivity index (χ0v) is 15.6. The highest BCUT2D eigenvalue weighted by Gasteiger charge is 2.43. The minimum absolute atomic E-state index is 0.260. The molecule has 5 atom stereocenters. The molecule has 0 aromatic carbocycles. The van der Waals surface area contributed by atoms with Crippen LogP contribution in [-0.4, -0.2) is 44.7 Å². The fraction of sp³-hybridized carbons (Fsp3) is 0.750. The molecule has 0 aromatic rings. The lowest BCUT2D eigenvalue weighted by Gasteiger charge is -2.33. The predicted molar refractivity (Wildman–Crippen MR) is 95.8 cm³/mol. The Morgan fingerprint density at radius 3 is 2.56 bits per heavy atom. The van der Waals surface area contributed by atoms with Gasteiger partial charge < -0.3 is 20.1 Å². The van der Waals surface area contributed by atoms with Gasteiger partial charge in [-0.1, -0.05) is 18.2 Å². The maximum Gasteiger partial charge on any atom is 0.334 e. The fourth-order valence-electron chi connectivity index (χ4n) is 3.70. The molecule has 25 heavy (non-hydrogen) atoms. The topological polar surface area (TPSA) is 87.0 Å². The van der Waals surface area contributed by atoms with E-state index in [2.05, 4.69) is 6.58 Å². The Labute approximate surface area is 150 Å². The third-order valence-corrected chi connectivity index (χ3v) is 5.96. The number of aliphatic hydroxyl groups is 3. The summed E-state index contributed by atoms with van der Waals surface area (Å²) in [4.78, 5) is 12.4. The van der Waals surface area contributed by atoms with Crippen molar-refractivity contribution in [1.29, 1.82) is 0 Å². The van der Waals surface area contributed by atoms with Gasteiger partial charge >= 0.3 is 5.97 Å². The lowest BCUT2D eigenvalue weighted by Crippen LogP contribution is -2.43. The number of carbonyl (C=O) groups is 1. The molecule has 0 aromatic heterocycles. The van der Waals surface area contributed by atoms with Crippen molar-refractivity contribution in [2.24, 2.45) is 5.92 Å². The molecule has 1 fully saturated rings. The quantitative estimate of drug-likeness (QED) is 0.354. The predicted octanol–water partition coefficient (Wildman–Crippen LogP) is 2.64. The van der Waals surface area contributed by atoms with Gasteiger partial charge in [0.2, 0.25) is 0 Å². The molecule has 2 bridgehead atoms. The van der Waals surface area contributed by atoms with Gasteiger partial charge in [-0.15, -0.1) is 0 Å². The summed E-state index contributed by atoms with van der Waals surface area (Å²) in [7, 11) is 0. The van der Waals surface area contributed by atoms with Crippen LogP contribution in [0.15, 0.2) is 23.8 Å². The van der Waals surface area contributed by atoms with Crippen molar-refractivity contribution in [1.82, 2.24) is 0 Å². The van der Waals surface area contributed by atoms with Crippen molar-refractivity contribution in [3.8, 4) is 0 Å². The zero-order valence-electron chi connectivity index (χ0n) is 15.6. The minimum Gasteiger partial charge on any atom is -0.453 e. The van der Waals surface area contributed by atoms with Crippen molar-refractivity contribution in [3.63, 3.8) is 0 Å². The second-order valence-corrected chi connectivity index (χ2v) is 8.22. The van der Waals surface area contributed by atoms with Crippen molar-refractivity contribution in [2.75, 3.05) is 0 Å². The molecule has 3 N–H and O–H groups in total. The summed E-state index contributed by atoms with van der Waals surface area (Å²) in [5, 5.41) is 31.8. The average Bonchev–Trinajstić information content (AvgIpc) is 2.64. The van der Waals surface area contributed by atoms with Crippen LogP contribution in [0.4, 0.5) is 0 Å². The summed E-state index contributed by atoms with van der Waals surface area (Å²) in [5.74, 6) is -0.777. The maximum absolute atomic E-state index is 12.4. The zero-order chi connectivity index (χ0) is 18.8. The number of hydrogen-bond donors (Lipinski definition) is 3. The van der Waals surface area contributed by atoms with Gasteiger partial charge in [-0.3, -0.25) is 0 Å². The van der Waals surface area contributed by atoms with Crippen LogP contribution in [0.25, 0.3) is 0 Å². The van der Waals surface area contributed by atoms with Gasteiger partial charge in [0, 0.05) is 5.57 Å². The third-order valence-electron chi connectivity index (χ3n) is 5.96. The SMILES string of the molecule is C=C1C(=O)O[C@]2(C)CC[C@@H]1C[C@@H](O)[C@@](C)(O)CC/C=C(\C)CC[C@@H]2O. The molecule has 0 saturated carbocycles. The number of carbonyl (C=O) groups excluding carboxylic acids is 1. The standard InChI is InChI=1S/C20H32O5/c1-13-6-5-10-19(3,24)17(22)12-15-9-11-20(4,16(21)8-7-13)25-18(23)14(15)2/h6,15-17,21-22,24H,2,5,7-12H2,1,3-4H3/b13-6+/t15-,16+,17-,19+,20-/m1/s1. The van der Waals surface area contributed by atoms with Gasteiger partial charge in [0.25, 0.3) is 0 Å². The van der Waals surface area contributed by atoms with E-state index < -0.39 is 29.4 Å². The minimum atomic E-state index is -1.22. The van der Waals surface area contributed by atoms with Crippen LogP contribution in [0, 0.1) is 5.92 Å². The Hall–Kier alpha value is -1.17. The molecule has 1 aliphatic carbocycles. The van der Waals surface area contributed by atoms with E-state index in [1.165, 1.54) is 0 Å². The molecule has 2 rings (SSSR count). The summed E-state index contributed by atoms with van der Waals surface area (Å²) in [5.41, 5.74) is -0.741. The molecular formula is C20H32O5. The normalized spacial score (nSPS) is 43.6. The van der Waals surface area contributed by atoms with Gasteiger partial charge in [0.05, 0.1) is 17.8 Å². The number of esters is 1. The number of aliphatic hydroxyl groups excluding tert-OH is 2. The van der Waals surface area contributed by atoms with E-state index in [9.17, 15) is 20.1 Å².